The van der Waals surface area contributed by atoms with E-state index in [1.165, 1.54) is 0 Å². The molecule has 2 aromatic rings. The zero-order chi connectivity index (χ0) is 11.5. The summed E-state index contributed by atoms with van der Waals surface area (Å²) in [6, 6.07) is 7.93. The fourth-order valence-electron chi connectivity index (χ4n) is 1.45. The van der Waals surface area contributed by atoms with E-state index in [1.54, 1.807) is 0 Å². The van der Waals surface area contributed by atoms with Gasteiger partial charge in [-0.15, -0.1) is 5.10 Å². The van der Waals surface area contributed by atoms with E-state index in [0.29, 0.717) is 5.92 Å². The average Bonchev–Trinajstić information content (AvgIpc) is 2.69. The van der Waals surface area contributed by atoms with Gasteiger partial charge in [0, 0.05) is 0 Å². The van der Waals surface area contributed by atoms with Gasteiger partial charge in [0.05, 0.1) is 5.52 Å². The second-order valence-electron chi connectivity index (χ2n) is 4.15. The SMILES string of the molecule is CC(C)C/C=C(\Br)n1nnc2ccccc21. The lowest BCUT2D eigenvalue weighted by molar-refractivity contribution is 0.663. The van der Waals surface area contributed by atoms with Gasteiger partial charge in [-0.1, -0.05) is 37.3 Å². The highest BCUT2D eigenvalue weighted by molar-refractivity contribution is 9.14. The Hall–Kier alpha value is -1.16. The van der Waals surface area contributed by atoms with Crippen molar-refractivity contribution in [3.8, 4) is 0 Å². The van der Waals surface area contributed by atoms with Crippen molar-refractivity contribution in [2.24, 2.45) is 5.92 Å². The summed E-state index contributed by atoms with van der Waals surface area (Å²) in [5.74, 6) is 0.641. The molecule has 1 aromatic carbocycles. The number of rotatable bonds is 3. The van der Waals surface area contributed by atoms with E-state index in [4.69, 9.17) is 0 Å². The first-order chi connectivity index (χ1) is 7.68. The molecular weight excluding hydrogens is 266 g/mol. The monoisotopic (exact) mass is 279 g/mol. The van der Waals surface area contributed by atoms with Gasteiger partial charge in [0.1, 0.15) is 10.1 Å². The van der Waals surface area contributed by atoms with Crippen molar-refractivity contribution in [3.05, 3.63) is 30.3 Å². The maximum Gasteiger partial charge on any atom is 0.113 e. The van der Waals surface area contributed by atoms with Crippen LogP contribution in [0.3, 0.4) is 0 Å². The first-order valence-corrected chi connectivity index (χ1v) is 6.14. The van der Waals surface area contributed by atoms with Crippen LogP contribution >= 0.6 is 15.9 Å². The smallest absolute Gasteiger partial charge is 0.113 e. The second kappa shape index (κ2) is 4.78. The Bertz CT molecular complexity index is 514. The van der Waals surface area contributed by atoms with Crippen molar-refractivity contribution in [2.45, 2.75) is 20.3 Å². The molecule has 0 spiro atoms. The lowest BCUT2D eigenvalue weighted by Gasteiger charge is -2.02. The molecule has 16 heavy (non-hydrogen) atoms. The van der Waals surface area contributed by atoms with Gasteiger partial charge >= 0.3 is 0 Å². The summed E-state index contributed by atoms with van der Waals surface area (Å²) in [5, 5.41) is 8.23. The van der Waals surface area contributed by atoms with Crippen LogP contribution in [0.4, 0.5) is 0 Å². The molecule has 1 aromatic heterocycles. The Morgan fingerprint density at radius 3 is 2.94 bits per heavy atom. The van der Waals surface area contributed by atoms with Gasteiger partial charge in [-0.05, 0) is 40.4 Å². The summed E-state index contributed by atoms with van der Waals surface area (Å²) in [6.45, 7) is 4.38. The fourth-order valence-corrected chi connectivity index (χ4v) is 1.89. The first kappa shape index (κ1) is 11.3. The van der Waals surface area contributed by atoms with Crippen molar-refractivity contribution < 1.29 is 0 Å². The van der Waals surface area contributed by atoms with Gasteiger partial charge in [0.15, 0.2) is 0 Å². The molecule has 0 saturated carbocycles. The van der Waals surface area contributed by atoms with Crippen LogP contribution in [0, 0.1) is 5.92 Å². The van der Waals surface area contributed by atoms with E-state index in [9.17, 15) is 0 Å². The van der Waals surface area contributed by atoms with Crippen LogP contribution in [0.1, 0.15) is 20.3 Å². The molecule has 2 rings (SSSR count). The van der Waals surface area contributed by atoms with Gasteiger partial charge in [-0.25, -0.2) is 4.68 Å². The van der Waals surface area contributed by atoms with E-state index < -0.39 is 0 Å². The van der Waals surface area contributed by atoms with Crippen LogP contribution in [0.25, 0.3) is 15.6 Å². The molecule has 0 aliphatic rings. The van der Waals surface area contributed by atoms with Crippen LogP contribution in [0.15, 0.2) is 30.3 Å². The lowest BCUT2D eigenvalue weighted by Crippen LogP contribution is -1.94. The number of benzene rings is 1. The van der Waals surface area contributed by atoms with E-state index in [-0.39, 0.29) is 0 Å². The largest absolute Gasteiger partial charge is 0.206 e. The third-order valence-electron chi connectivity index (χ3n) is 2.31. The first-order valence-electron chi connectivity index (χ1n) is 5.35. The van der Waals surface area contributed by atoms with Gasteiger partial charge in [-0.3, -0.25) is 0 Å². The molecule has 0 radical (unpaired) electrons. The molecule has 0 saturated heterocycles. The van der Waals surface area contributed by atoms with Gasteiger partial charge in [0.25, 0.3) is 0 Å². The molecular formula is C12H14BrN3. The standard InChI is InChI=1S/C12H14BrN3/c1-9(2)7-8-12(13)16-11-6-4-3-5-10(11)14-15-16/h3-6,8-9H,7H2,1-2H3/b12-8+. The van der Waals surface area contributed by atoms with Crippen LogP contribution in [0.2, 0.25) is 0 Å². The van der Waals surface area contributed by atoms with Gasteiger partial charge in [-0.2, -0.15) is 0 Å². The predicted octanol–water partition coefficient (Wildman–Crippen LogP) is 3.67. The fraction of sp³-hybridized carbons (Fsp3) is 0.333. The van der Waals surface area contributed by atoms with Crippen LogP contribution < -0.4 is 0 Å². The van der Waals surface area contributed by atoms with E-state index in [1.807, 2.05) is 28.9 Å². The van der Waals surface area contributed by atoms with E-state index in [0.717, 1.165) is 22.1 Å². The third kappa shape index (κ3) is 2.32. The number of hydrogen-bond donors (Lipinski definition) is 0. The van der Waals surface area contributed by atoms with Crippen molar-refractivity contribution in [1.82, 2.24) is 15.0 Å². The molecule has 4 heteroatoms. The molecule has 0 amide bonds. The number of fused-ring (bicyclic) bond motifs is 1. The molecule has 84 valence electrons. The maximum absolute atomic E-state index is 4.12. The van der Waals surface area contributed by atoms with Crippen LogP contribution in [0.5, 0.6) is 0 Å². The van der Waals surface area contributed by atoms with Crippen molar-refractivity contribution >= 4 is 31.6 Å². The summed E-state index contributed by atoms with van der Waals surface area (Å²) in [7, 11) is 0. The summed E-state index contributed by atoms with van der Waals surface area (Å²) in [6.07, 6.45) is 3.15. The van der Waals surface area contributed by atoms with Crippen molar-refractivity contribution in [1.29, 1.82) is 0 Å². The minimum Gasteiger partial charge on any atom is -0.206 e. The van der Waals surface area contributed by atoms with Crippen LogP contribution in [-0.4, -0.2) is 15.0 Å². The normalized spacial score (nSPS) is 12.6. The predicted molar refractivity (Wildman–Crippen MR) is 70.2 cm³/mol. The molecule has 0 fully saturated rings. The van der Waals surface area contributed by atoms with E-state index >= 15 is 0 Å². The van der Waals surface area contributed by atoms with Gasteiger partial charge in [0.2, 0.25) is 0 Å². The maximum atomic E-state index is 4.12. The Morgan fingerprint density at radius 2 is 2.19 bits per heavy atom. The number of nitrogens with zero attached hydrogens (tertiary/aromatic N) is 3. The zero-order valence-electron chi connectivity index (χ0n) is 9.39. The van der Waals surface area contributed by atoms with Gasteiger partial charge < -0.3 is 0 Å². The molecule has 3 nitrogen and oxygen atoms in total. The number of aromatic nitrogens is 3. The summed E-state index contributed by atoms with van der Waals surface area (Å²) >= 11 is 3.54. The molecule has 0 aliphatic carbocycles. The Labute approximate surface area is 103 Å². The quantitative estimate of drug-likeness (QED) is 0.858. The van der Waals surface area contributed by atoms with Crippen molar-refractivity contribution in [3.63, 3.8) is 0 Å². The Kier molecular flexibility index (Phi) is 3.39. The number of hydrogen-bond acceptors (Lipinski definition) is 2. The topological polar surface area (TPSA) is 30.7 Å². The minimum atomic E-state index is 0.641. The summed E-state index contributed by atoms with van der Waals surface area (Å²) < 4.78 is 2.77. The number of allylic oxidation sites excluding steroid dienone is 1. The summed E-state index contributed by atoms with van der Waals surface area (Å²) in [4.78, 5) is 0. The summed E-state index contributed by atoms with van der Waals surface area (Å²) in [5.41, 5.74) is 1.94. The Balaban J connectivity index is 2.36. The number of halogens is 1. The highest BCUT2D eigenvalue weighted by Crippen LogP contribution is 2.20. The lowest BCUT2D eigenvalue weighted by atomic mass is 10.1. The molecule has 0 atom stereocenters. The second-order valence-corrected chi connectivity index (χ2v) is 4.96. The van der Waals surface area contributed by atoms with E-state index in [2.05, 4.69) is 46.2 Å². The van der Waals surface area contributed by atoms with Crippen molar-refractivity contribution in [2.75, 3.05) is 0 Å². The highest BCUT2D eigenvalue weighted by atomic mass is 79.9. The van der Waals surface area contributed by atoms with Crippen LogP contribution in [-0.2, 0) is 0 Å². The average molecular weight is 280 g/mol. The minimum absolute atomic E-state index is 0.641. The molecule has 0 N–H and O–H groups in total. The zero-order valence-corrected chi connectivity index (χ0v) is 11.0. The molecule has 0 aliphatic heterocycles. The highest BCUT2D eigenvalue weighted by Gasteiger charge is 2.05. The number of para-hydroxylation sites is 1. The molecule has 1 heterocycles. The Morgan fingerprint density at radius 1 is 1.44 bits per heavy atom. The third-order valence-corrected chi connectivity index (χ3v) is 2.97. The molecule has 0 bridgehead atoms. The molecule has 0 unspecified atom stereocenters.